The minimum atomic E-state index is -4.50. The topological polar surface area (TPSA) is 216 Å². The molecule has 0 bridgehead atoms. The van der Waals surface area contributed by atoms with E-state index in [0.717, 1.165) is 11.1 Å². The number of hydrogen-bond acceptors (Lipinski definition) is 12. The number of ether oxygens (including phenoxy) is 4. The minimum absolute atomic E-state index is 0.0523. The summed E-state index contributed by atoms with van der Waals surface area (Å²) in [4.78, 5) is 36.0. The minimum Gasteiger partial charge on any atom is -0.479 e. The van der Waals surface area contributed by atoms with Crippen molar-refractivity contribution in [1.29, 1.82) is 5.41 Å². The molecule has 1 saturated heterocycles. The molecule has 3 heterocycles. The van der Waals surface area contributed by atoms with E-state index in [-0.39, 0.29) is 30.5 Å². The molecule has 1 fully saturated rings. The summed E-state index contributed by atoms with van der Waals surface area (Å²) in [5.74, 6) is -1.30. The number of aliphatic imine (C=N–C) groups is 1. The largest absolute Gasteiger partial charge is 0.479 e. The molecule has 1 aromatic heterocycles. The van der Waals surface area contributed by atoms with E-state index in [0.29, 0.717) is 24.2 Å². The fourth-order valence-electron chi connectivity index (χ4n) is 6.84. The molecule has 0 aliphatic carbocycles. The maximum absolute atomic E-state index is 15.2. The first-order valence-corrected chi connectivity index (χ1v) is 20.8. The highest BCUT2D eigenvalue weighted by molar-refractivity contribution is 7.54. The smallest absolute Gasteiger partial charge is 0.342 e. The SMILES string of the molecule is COC1=NC(=N)CCC(C)c2c1ncn2C1OC(COP(=O)(NC(Cc2ccccc2)C(=O)OC(C)C)NC(Cc2ccccc2)C(=O)OC(C)C)C(O)C1(C)O. The molecular formula is C40H55N6O10P. The molecule has 0 saturated carbocycles. The van der Waals surface area contributed by atoms with Crippen LogP contribution in [0.5, 0.6) is 0 Å². The molecule has 5 N–H and O–H groups in total. The molecule has 7 unspecified atom stereocenters. The summed E-state index contributed by atoms with van der Waals surface area (Å²) in [6.07, 6.45) is -2.54. The van der Waals surface area contributed by atoms with E-state index in [2.05, 4.69) is 20.2 Å². The Balaban J connectivity index is 1.49. The number of carbonyl (C=O) groups is 2. The van der Waals surface area contributed by atoms with E-state index >= 15 is 4.57 Å². The zero-order chi connectivity index (χ0) is 41.5. The zero-order valence-electron chi connectivity index (χ0n) is 33.5. The molecule has 0 spiro atoms. The standard InChI is InChI=1S/C40H55N6O10P/c1-24(2)54-37(48)29(20-27-14-10-8-11-15-27)44-57(51,45-30(38(49)55-25(3)4)21-28-16-12-9-13-17-28)53-22-31-35(47)40(6,50)39(56-31)46-23-42-33-34(46)26(5)18-19-32(41)43-36(33)52-7/h8-17,23-26,29-31,35,39,41,47,50H,18-22H2,1-7H3,(H2,44,45,51). The number of nitrogens with one attached hydrogen (secondary N) is 3. The highest BCUT2D eigenvalue weighted by Gasteiger charge is 2.54. The Kier molecular flexibility index (Phi) is 14.6. The Morgan fingerprint density at radius 2 is 1.51 bits per heavy atom. The lowest BCUT2D eigenvalue weighted by atomic mass is 9.94. The molecule has 57 heavy (non-hydrogen) atoms. The third kappa shape index (κ3) is 11.0. The second-order valence-corrected chi connectivity index (χ2v) is 17.0. The molecular weight excluding hydrogens is 755 g/mol. The molecule has 2 aromatic carbocycles. The Bertz CT molecular complexity index is 1850. The van der Waals surface area contributed by atoms with Crippen LogP contribution in [0, 0.1) is 5.41 Å². The van der Waals surface area contributed by atoms with Crippen molar-refractivity contribution in [3.63, 3.8) is 0 Å². The molecule has 2 aliphatic heterocycles. The molecule has 16 nitrogen and oxygen atoms in total. The normalized spacial score (nSPS) is 24.5. The van der Waals surface area contributed by atoms with Gasteiger partial charge in [-0.05, 0) is 70.9 Å². The number of aromatic nitrogens is 2. The van der Waals surface area contributed by atoms with Crippen LogP contribution < -0.4 is 10.2 Å². The monoisotopic (exact) mass is 810 g/mol. The van der Waals surface area contributed by atoms with Gasteiger partial charge in [-0.3, -0.25) is 19.6 Å². The summed E-state index contributed by atoms with van der Waals surface area (Å²) in [7, 11) is -3.07. The summed E-state index contributed by atoms with van der Waals surface area (Å²) in [5.41, 5.74) is 0.546. The van der Waals surface area contributed by atoms with E-state index in [9.17, 15) is 19.8 Å². The van der Waals surface area contributed by atoms with Gasteiger partial charge in [0.05, 0.1) is 37.9 Å². The maximum Gasteiger partial charge on any atom is 0.342 e. The molecule has 0 radical (unpaired) electrons. The third-order valence-electron chi connectivity index (χ3n) is 9.66. The number of aliphatic hydroxyl groups is 2. The van der Waals surface area contributed by atoms with Crippen LogP contribution >= 0.6 is 7.67 Å². The van der Waals surface area contributed by atoms with Crippen LogP contribution in [0.2, 0.25) is 0 Å². The molecule has 2 aliphatic rings. The number of fused-ring (bicyclic) bond motifs is 1. The van der Waals surface area contributed by atoms with E-state index < -0.39 is 74.5 Å². The highest BCUT2D eigenvalue weighted by atomic mass is 31.2. The maximum atomic E-state index is 15.2. The molecule has 0 amide bonds. The second kappa shape index (κ2) is 19.0. The molecule has 310 valence electrons. The summed E-state index contributed by atoms with van der Waals surface area (Å²) in [6.45, 7) is 9.58. The lowest BCUT2D eigenvalue weighted by molar-refractivity contribution is -0.150. The molecule has 5 rings (SSSR count). The van der Waals surface area contributed by atoms with Crippen LogP contribution in [-0.4, -0.2) is 99.3 Å². The number of rotatable bonds is 16. The lowest BCUT2D eigenvalue weighted by Crippen LogP contribution is -2.48. The van der Waals surface area contributed by atoms with Gasteiger partial charge in [0.15, 0.2) is 6.23 Å². The summed E-state index contributed by atoms with van der Waals surface area (Å²) >= 11 is 0. The fourth-order valence-corrected chi connectivity index (χ4v) is 8.64. The van der Waals surface area contributed by atoms with Crippen molar-refractivity contribution in [3.05, 3.63) is 89.5 Å². The molecule has 17 heteroatoms. The number of methoxy groups -OCH3 is 1. The van der Waals surface area contributed by atoms with Crippen molar-refractivity contribution in [1.82, 2.24) is 19.7 Å². The van der Waals surface area contributed by atoms with Crippen LogP contribution in [0.1, 0.15) is 89.0 Å². The Hall–Kier alpha value is -4.28. The van der Waals surface area contributed by atoms with Crippen molar-refractivity contribution < 1.29 is 47.8 Å². The van der Waals surface area contributed by atoms with Crippen LogP contribution in [0.15, 0.2) is 72.0 Å². The zero-order valence-corrected chi connectivity index (χ0v) is 34.3. The van der Waals surface area contributed by atoms with Gasteiger partial charge < -0.3 is 38.3 Å². The van der Waals surface area contributed by atoms with Crippen molar-refractivity contribution in [2.24, 2.45) is 4.99 Å². The van der Waals surface area contributed by atoms with E-state index in [1.807, 2.05) is 67.6 Å². The first-order valence-electron chi connectivity index (χ1n) is 19.1. The summed E-state index contributed by atoms with van der Waals surface area (Å²) in [6, 6.07) is 15.7. The van der Waals surface area contributed by atoms with Crippen LogP contribution in [0.25, 0.3) is 0 Å². The second-order valence-electron chi connectivity index (χ2n) is 15.2. The number of carbonyl (C=O) groups excluding carboxylic acids is 2. The van der Waals surface area contributed by atoms with Gasteiger partial charge in [0.1, 0.15) is 41.4 Å². The van der Waals surface area contributed by atoms with Crippen molar-refractivity contribution >= 4 is 31.3 Å². The Morgan fingerprint density at radius 3 is 2.00 bits per heavy atom. The summed E-state index contributed by atoms with van der Waals surface area (Å²) in [5, 5.41) is 37.3. The predicted molar refractivity (Wildman–Crippen MR) is 212 cm³/mol. The number of amidine groups is 1. The van der Waals surface area contributed by atoms with Gasteiger partial charge in [-0.15, -0.1) is 0 Å². The average molecular weight is 811 g/mol. The molecule has 3 aromatic rings. The number of nitrogens with zero attached hydrogens (tertiary/aromatic N) is 3. The average Bonchev–Trinajstić information content (AvgIpc) is 3.68. The van der Waals surface area contributed by atoms with Crippen molar-refractivity contribution in [3.8, 4) is 0 Å². The van der Waals surface area contributed by atoms with E-state index in [4.69, 9.17) is 28.9 Å². The first-order chi connectivity index (χ1) is 27.0. The first kappa shape index (κ1) is 43.8. The number of esters is 2. The fraction of sp³-hybridized carbons (Fsp3) is 0.525. The summed E-state index contributed by atoms with van der Waals surface area (Å²) < 4.78 is 45.9. The predicted octanol–water partition coefficient (Wildman–Crippen LogP) is 4.59. The van der Waals surface area contributed by atoms with Gasteiger partial charge in [0, 0.05) is 6.42 Å². The van der Waals surface area contributed by atoms with Gasteiger partial charge >= 0.3 is 19.6 Å². The lowest BCUT2D eigenvalue weighted by Gasteiger charge is -2.30. The van der Waals surface area contributed by atoms with Crippen LogP contribution in [0.3, 0.4) is 0 Å². The van der Waals surface area contributed by atoms with E-state index in [1.165, 1.54) is 20.4 Å². The van der Waals surface area contributed by atoms with Crippen LogP contribution in [0.4, 0.5) is 0 Å². The quantitative estimate of drug-likeness (QED) is 0.0990. The van der Waals surface area contributed by atoms with E-state index in [1.54, 1.807) is 32.3 Å². The van der Waals surface area contributed by atoms with Gasteiger partial charge in [-0.25, -0.2) is 15.2 Å². The number of benzene rings is 2. The van der Waals surface area contributed by atoms with Crippen LogP contribution in [-0.2, 0) is 50.5 Å². The van der Waals surface area contributed by atoms with Crippen molar-refractivity contribution in [2.45, 2.75) is 121 Å². The van der Waals surface area contributed by atoms with Gasteiger partial charge in [-0.1, -0.05) is 67.6 Å². The number of imidazole rings is 1. The third-order valence-corrected chi connectivity index (χ3v) is 11.5. The Morgan fingerprint density at radius 1 is 0.982 bits per heavy atom. The number of hydrogen-bond donors (Lipinski definition) is 5. The van der Waals surface area contributed by atoms with Crippen molar-refractivity contribution in [2.75, 3.05) is 13.7 Å². The van der Waals surface area contributed by atoms with Gasteiger partial charge in [0.2, 0.25) is 5.90 Å². The molecule has 7 atom stereocenters. The Labute approximate surface area is 333 Å². The van der Waals surface area contributed by atoms with Gasteiger partial charge in [0.25, 0.3) is 0 Å². The number of aliphatic hydroxyl groups excluding tert-OH is 1. The highest BCUT2D eigenvalue weighted by Crippen LogP contribution is 2.45. The van der Waals surface area contributed by atoms with Gasteiger partial charge in [-0.2, -0.15) is 4.99 Å².